The van der Waals surface area contributed by atoms with Gasteiger partial charge in [-0.25, -0.2) is 4.57 Å². The van der Waals surface area contributed by atoms with Crippen molar-refractivity contribution in [3.05, 3.63) is 59.9 Å². The van der Waals surface area contributed by atoms with Crippen LogP contribution in [-0.2, 0) is 6.54 Å². The zero-order valence-corrected chi connectivity index (χ0v) is 12.5. The number of fused-ring (bicyclic) bond motifs is 1. The summed E-state index contributed by atoms with van der Waals surface area (Å²) in [6.45, 7) is 1.20. The van der Waals surface area contributed by atoms with Crippen molar-refractivity contribution in [2.75, 3.05) is 18.9 Å². The lowest BCUT2D eigenvalue weighted by atomic mass is 10.1. The maximum absolute atomic E-state index is 12.2. The van der Waals surface area contributed by atoms with Gasteiger partial charge in [-0.3, -0.25) is 14.5 Å². The van der Waals surface area contributed by atoms with E-state index in [2.05, 4.69) is 5.32 Å². The van der Waals surface area contributed by atoms with Crippen LogP contribution in [0.25, 0.3) is 0 Å². The average molecular weight is 296 g/mol. The van der Waals surface area contributed by atoms with E-state index in [-0.39, 0.29) is 11.8 Å². The fraction of sp³-hybridized carbons (Fsp3) is 0.235. The van der Waals surface area contributed by atoms with E-state index in [1.165, 1.54) is 4.90 Å². The second-order valence-electron chi connectivity index (χ2n) is 5.24. The monoisotopic (exact) mass is 296 g/mol. The van der Waals surface area contributed by atoms with Gasteiger partial charge in [-0.1, -0.05) is 12.1 Å². The van der Waals surface area contributed by atoms with Crippen molar-refractivity contribution in [2.45, 2.75) is 13.0 Å². The molecule has 1 aliphatic rings. The van der Waals surface area contributed by atoms with Crippen LogP contribution in [0, 0.1) is 0 Å². The van der Waals surface area contributed by atoms with Crippen LogP contribution in [0.5, 0.6) is 0 Å². The molecule has 1 N–H and O–H groups in total. The normalized spacial score (nSPS) is 13.4. The number of hydrogen-bond donors (Lipinski definition) is 1. The Morgan fingerprint density at radius 3 is 2.14 bits per heavy atom. The minimum Gasteiger partial charge on any atom is -0.388 e. The molecule has 3 rings (SSSR count). The third kappa shape index (κ3) is 2.57. The summed E-state index contributed by atoms with van der Waals surface area (Å²) in [4.78, 5) is 25.8. The number of nitrogens with zero attached hydrogens (tertiary/aromatic N) is 2. The molecule has 22 heavy (non-hydrogen) atoms. The molecular weight excluding hydrogens is 278 g/mol. The predicted molar refractivity (Wildman–Crippen MR) is 82.6 cm³/mol. The maximum atomic E-state index is 12.2. The smallest absolute Gasteiger partial charge is 0.261 e. The first-order chi connectivity index (χ1) is 10.7. The van der Waals surface area contributed by atoms with Crippen molar-refractivity contribution in [3.63, 3.8) is 0 Å². The third-order valence-electron chi connectivity index (χ3n) is 3.86. The second kappa shape index (κ2) is 5.97. The highest BCUT2D eigenvalue weighted by atomic mass is 16.2. The zero-order valence-electron chi connectivity index (χ0n) is 12.5. The summed E-state index contributed by atoms with van der Waals surface area (Å²) >= 11 is 0. The molecule has 0 saturated carbocycles. The van der Waals surface area contributed by atoms with E-state index in [1.807, 2.05) is 36.1 Å². The Bertz CT molecular complexity index is 675. The average Bonchev–Trinajstić information content (AvgIpc) is 2.81. The number of rotatable bonds is 5. The SMILES string of the molecule is CNc1cc[n+](CCCN2C(=O)c3ccccc3C2=O)cc1. The first-order valence-corrected chi connectivity index (χ1v) is 7.33. The molecular formula is C17H18N3O2+. The van der Waals surface area contributed by atoms with Crippen LogP contribution in [0.1, 0.15) is 27.1 Å². The number of benzene rings is 1. The molecule has 0 bridgehead atoms. The molecule has 0 aliphatic carbocycles. The molecule has 5 nitrogen and oxygen atoms in total. The molecule has 0 radical (unpaired) electrons. The number of imide groups is 1. The van der Waals surface area contributed by atoms with E-state index < -0.39 is 0 Å². The van der Waals surface area contributed by atoms with Crippen LogP contribution in [0.15, 0.2) is 48.8 Å². The van der Waals surface area contributed by atoms with Crippen molar-refractivity contribution >= 4 is 17.5 Å². The molecule has 0 saturated heterocycles. The summed E-state index contributed by atoms with van der Waals surface area (Å²) in [6, 6.07) is 11.0. The van der Waals surface area contributed by atoms with Gasteiger partial charge in [-0.2, -0.15) is 0 Å². The minimum absolute atomic E-state index is 0.184. The van der Waals surface area contributed by atoms with Crippen molar-refractivity contribution < 1.29 is 14.2 Å². The highest BCUT2D eigenvalue weighted by Gasteiger charge is 2.34. The molecule has 0 fully saturated rings. The van der Waals surface area contributed by atoms with Gasteiger partial charge in [0.05, 0.1) is 11.1 Å². The van der Waals surface area contributed by atoms with E-state index in [0.717, 1.165) is 18.7 Å². The standard InChI is InChI=1S/C17H17N3O2/c1-18-13-7-11-19(12-8-13)9-4-10-20-16(21)14-5-2-3-6-15(14)17(20)22/h2-3,5-8,11-12H,4,9-10H2,1H3/p+1. The lowest BCUT2D eigenvalue weighted by Gasteiger charge is -2.12. The Kier molecular flexibility index (Phi) is 3.87. The Hall–Kier alpha value is -2.69. The highest BCUT2D eigenvalue weighted by molar-refractivity contribution is 6.21. The molecule has 112 valence electrons. The van der Waals surface area contributed by atoms with Crippen molar-refractivity contribution in [1.82, 2.24) is 4.90 Å². The molecule has 2 amide bonds. The second-order valence-corrected chi connectivity index (χ2v) is 5.24. The quantitative estimate of drug-likeness (QED) is 0.675. The van der Waals surface area contributed by atoms with E-state index >= 15 is 0 Å². The van der Waals surface area contributed by atoms with Crippen LogP contribution in [0.2, 0.25) is 0 Å². The predicted octanol–water partition coefficient (Wildman–Crippen LogP) is 1.70. The number of hydrogen-bond acceptors (Lipinski definition) is 3. The van der Waals surface area contributed by atoms with Crippen LogP contribution >= 0.6 is 0 Å². The number of aryl methyl sites for hydroxylation is 1. The molecule has 0 atom stereocenters. The number of nitrogens with one attached hydrogen (secondary N) is 1. The summed E-state index contributed by atoms with van der Waals surface area (Å²) in [5, 5.41) is 3.07. The largest absolute Gasteiger partial charge is 0.388 e. The van der Waals surface area contributed by atoms with Crippen molar-refractivity contribution in [1.29, 1.82) is 0 Å². The summed E-state index contributed by atoms with van der Waals surface area (Å²) < 4.78 is 2.04. The number of amides is 2. The summed E-state index contributed by atoms with van der Waals surface area (Å²) in [5.41, 5.74) is 2.08. The first kappa shape index (κ1) is 14.3. The van der Waals surface area contributed by atoms with Gasteiger partial charge in [0.25, 0.3) is 11.8 Å². The lowest BCUT2D eigenvalue weighted by Crippen LogP contribution is -2.37. The van der Waals surface area contributed by atoms with E-state index in [0.29, 0.717) is 17.7 Å². The third-order valence-corrected chi connectivity index (χ3v) is 3.86. The van der Waals surface area contributed by atoms with Crippen molar-refractivity contribution in [2.24, 2.45) is 0 Å². The summed E-state index contributed by atoms with van der Waals surface area (Å²) in [6.07, 6.45) is 4.69. The summed E-state index contributed by atoms with van der Waals surface area (Å²) in [5.74, 6) is -0.368. The Morgan fingerprint density at radius 1 is 1.00 bits per heavy atom. The number of aromatic nitrogens is 1. The molecule has 2 aromatic rings. The van der Waals surface area contributed by atoms with Gasteiger partial charge in [-0.15, -0.1) is 0 Å². The van der Waals surface area contributed by atoms with Gasteiger partial charge in [0.15, 0.2) is 12.4 Å². The number of carbonyl (C=O) groups is 2. The topological polar surface area (TPSA) is 53.3 Å². The minimum atomic E-state index is -0.184. The molecule has 0 spiro atoms. The number of carbonyl (C=O) groups excluding carboxylic acids is 2. The van der Waals surface area contributed by atoms with Gasteiger partial charge < -0.3 is 5.32 Å². The fourth-order valence-electron chi connectivity index (χ4n) is 2.63. The maximum Gasteiger partial charge on any atom is 0.261 e. The Balaban J connectivity index is 1.60. The van der Waals surface area contributed by atoms with Crippen LogP contribution in [-0.4, -0.2) is 30.3 Å². The molecule has 1 aromatic heterocycles. The Morgan fingerprint density at radius 2 is 1.59 bits per heavy atom. The number of pyridine rings is 1. The fourth-order valence-corrected chi connectivity index (χ4v) is 2.63. The zero-order chi connectivity index (χ0) is 15.5. The van der Waals surface area contributed by atoms with Crippen LogP contribution in [0.3, 0.4) is 0 Å². The van der Waals surface area contributed by atoms with Crippen molar-refractivity contribution in [3.8, 4) is 0 Å². The molecule has 1 aliphatic heterocycles. The van der Waals surface area contributed by atoms with E-state index in [4.69, 9.17) is 0 Å². The lowest BCUT2D eigenvalue weighted by molar-refractivity contribution is -0.697. The van der Waals surface area contributed by atoms with Gasteiger partial charge in [0.2, 0.25) is 0 Å². The molecule has 5 heteroatoms. The van der Waals surface area contributed by atoms with Gasteiger partial charge >= 0.3 is 0 Å². The van der Waals surface area contributed by atoms with E-state index in [9.17, 15) is 9.59 Å². The highest BCUT2D eigenvalue weighted by Crippen LogP contribution is 2.22. The first-order valence-electron chi connectivity index (χ1n) is 7.33. The molecule has 2 heterocycles. The number of anilines is 1. The van der Waals surface area contributed by atoms with Crippen LogP contribution in [0.4, 0.5) is 5.69 Å². The Labute approximate surface area is 129 Å². The summed E-state index contributed by atoms with van der Waals surface area (Å²) in [7, 11) is 1.88. The van der Waals surface area contributed by atoms with Gasteiger partial charge in [0.1, 0.15) is 6.54 Å². The van der Waals surface area contributed by atoms with Crippen LogP contribution < -0.4 is 9.88 Å². The van der Waals surface area contributed by atoms with Gasteiger partial charge in [-0.05, 0) is 12.1 Å². The molecule has 0 unspecified atom stereocenters. The van der Waals surface area contributed by atoms with Gasteiger partial charge in [0, 0.05) is 37.8 Å². The molecule has 1 aromatic carbocycles. The van der Waals surface area contributed by atoms with E-state index in [1.54, 1.807) is 24.3 Å².